The van der Waals surface area contributed by atoms with E-state index in [0.717, 1.165) is 37.9 Å². The Morgan fingerprint density at radius 3 is 2.57 bits per heavy atom. The van der Waals surface area contributed by atoms with Crippen LogP contribution >= 0.6 is 0 Å². The minimum absolute atomic E-state index is 0.227. The van der Waals surface area contributed by atoms with Gasteiger partial charge < -0.3 is 4.90 Å². The highest BCUT2D eigenvalue weighted by atomic mass is 32.2. The van der Waals surface area contributed by atoms with E-state index in [2.05, 4.69) is 28.6 Å². The minimum atomic E-state index is -3.42. The van der Waals surface area contributed by atoms with Gasteiger partial charge in [-0.3, -0.25) is 4.68 Å². The molecule has 0 saturated carbocycles. The largest absolute Gasteiger partial charge is 0.303 e. The monoisotopic (exact) mass is 314 g/mol. The summed E-state index contributed by atoms with van der Waals surface area (Å²) >= 11 is 0. The molecule has 1 aromatic heterocycles. The second-order valence-electron chi connectivity index (χ2n) is 6.31. The Labute approximate surface area is 127 Å². The molecule has 7 heteroatoms. The maximum absolute atomic E-state index is 12.0. The fourth-order valence-electron chi connectivity index (χ4n) is 3.10. The number of hydrogen-bond acceptors (Lipinski definition) is 4. The molecule has 2 heterocycles. The highest BCUT2D eigenvalue weighted by Gasteiger charge is 2.21. The van der Waals surface area contributed by atoms with Crippen LogP contribution in [0.4, 0.5) is 0 Å². The molecule has 0 radical (unpaired) electrons. The fourth-order valence-corrected chi connectivity index (χ4v) is 4.16. The van der Waals surface area contributed by atoms with E-state index in [1.165, 1.54) is 23.5 Å². The van der Waals surface area contributed by atoms with Gasteiger partial charge in [0.1, 0.15) is 4.90 Å². The molecule has 1 aliphatic rings. The lowest BCUT2D eigenvalue weighted by Gasteiger charge is -2.34. The molecule has 0 aromatic carbocycles. The van der Waals surface area contributed by atoms with Crippen molar-refractivity contribution in [1.29, 1.82) is 0 Å². The summed E-state index contributed by atoms with van der Waals surface area (Å²) in [6, 6.07) is 0. The molecule has 1 saturated heterocycles. The van der Waals surface area contributed by atoms with Crippen LogP contribution in [0.1, 0.15) is 26.7 Å². The molecule has 0 amide bonds. The van der Waals surface area contributed by atoms with Crippen LogP contribution in [-0.2, 0) is 17.1 Å². The Morgan fingerprint density at radius 1 is 1.33 bits per heavy atom. The third-order valence-electron chi connectivity index (χ3n) is 3.88. The van der Waals surface area contributed by atoms with Gasteiger partial charge in [-0.05, 0) is 31.2 Å². The molecule has 0 aliphatic carbocycles. The molecule has 1 N–H and O–H groups in total. The maximum atomic E-state index is 12.0. The van der Waals surface area contributed by atoms with Crippen LogP contribution in [-0.4, -0.2) is 49.3 Å². The maximum Gasteiger partial charge on any atom is 0.243 e. The molecule has 0 spiro atoms. The summed E-state index contributed by atoms with van der Waals surface area (Å²) in [6.45, 7) is 8.24. The first-order valence-corrected chi connectivity index (χ1v) is 9.06. The lowest BCUT2D eigenvalue weighted by atomic mass is 9.92. The number of sulfonamides is 1. The highest BCUT2D eigenvalue weighted by Crippen LogP contribution is 2.20. The zero-order valence-corrected chi connectivity index (χ0v) is 13.9. The number of aryl methyl sites for hydroxylation is 1. The molecule has 1 aromatic rings. The summed E-state index contributed by atoms with van der Waals surface area (Å²) in [4.78, 5) is 2.67. The van der Waals surface area contributed by atoms with Crippen LogP contribution in [0.3, 0.4) is 0 Å². The molecule has 1 fully saturated rings. The topological polar surface area (TPSA) is 67.2 Å². The molecular weight excluding hydrogens is 288 g/mol. The predicted molar refractivity (Wildman–Crippen MR) is 82.4 cm³/mol. The molecule has 120 valence electrons. The molecule has 2 rings (SSSR count). The summed E-state index contributed by atoms with van der Waals surface area (Å²) in [5.74, 6) is 1.47. The van der Waals surface area contributed by atoms with Gasteiger partial charge in [0.2, 0.25) is 10.0 Å². The standard InChI is InChI=1S/C14H26N4O2S/c1-12-7-13(2)10-18(9-12)6-4-5-16-21(19,20)14-8-15-17(3)11-14/h8,11-13,16H,4-7,9-10H2,1-3H3/t12-,13+. The van der Waals surface area contributed by atoms with Crippen molar-refractivity contribution in [2.24, 2.45) is 18.9 Å². The van der Waals surface area contributed by atoms with Gasteiger partial charge in [0.25, 0.3) is 0 Å². The van der Waals surface area contributed by atoms with Crippen molar-refractivity contribution in [3.8, 4) is 0 Å². The van der Waals surface area contributed by atoms with Crippen LogP contribution in [0.5, 0.6) is 0 Å². The zero-order valence-electron chi connectivity index (χ0n) is 13.1. The normalized spacial score (nSPS) is 24.3. The van der Waals surface area contributed by atoms with Gasteiger partial charge in [-0.1, -0.05) is 13.8 Å². The molecule has 6 nitrogen and oxygen atoms in total. The lowest BCUT2D eigenvalue weighted by Crippen LogP contribution is -2.40. The number of aromatic nitrogens is 2. The Hall–Kier alpha value is -0.920. The number of nitrogens with zero attached hydrogens (tertiary/aromatic N) is 3. The molecule has 1 aliphatic heterocycles. The minimum Gasteiger partial charge on any atom is -0.303 e. The number of likely N-dealkylation sites (tertiary alicyclic amines) is 1. The fraction of sp³-hybridized carbons (Fsp3) is 0.786. The van der Waals surface area contributed by atoms with E-state index in [9.17, 15) is 8.42 Å². The smallest absolute Gasteiger partial charge is 0.243 e. The first-order chi connectivity index (χ1) is 9.87. The van der Waals surface area contributed by atoms with Gasteiger partial charge in [-0.15, -0.1) is 0 Å². The Bertz CT molecular complexity index is 545. The number of nitrogens with one attached hydrogen (secondary N) is 1. The van der Waals surface area contributed by atoms with E-state index in [1.54, 1.807) is 7.05 Å². The van der Waals surface area contributed by atoms with Crippen LogP contribution in [0, 0.1) is 11.8 Å². The molecule has 0 unspecified atom stereocenters. The zero-order chi connectivity index (χ0) is 15.5. The average Bonchev–Trinajstić information content (AvgIpc) is 2.81. The van der Waals surface area contributed by atoms with Gasteiger partial charge in [-0.2, -0.15) is 5.10 Å². The number of piperidine rings is 1. The summed E-state index contributed by atoms with van der Waals surface area (Å²) in [6.07, 6.45) is 5.01. The Balaban J connectivity index is 1.74. The summed E-state index contributed by atoms with van der Waals surface area (Å²) in [7, 11) is -1.71. The van der Waals surface area contributed by atoms with E-state index in [1.807, 2.05) is 0 Å². The third-order valence-corrected chi connectivity index (χ3v) is 5.29. The average molecular weight is 314 g/mol. The van der Waals surface area contributed by atoms with Crippen molar-refractivity contribution in [2.75, 3.05) is 26.2 Å². The second-order valence-corrected chi connectivity index (χ2v) is 8.07. The van der Waals surface area contributed by atoms with Crippen LogP contribution in [0.25, 0.3) is 0 Å². The van der Waals surface area contributed by atoms with Crippen molar-refractivity contribution >= 4 is 10.0 Å². The van der Waals surface area contributed by atoms with Crippen molar-refractivity contribution in [3.05, 3.63) is 12.4 Å². The van der Waals surface area contributed by atoms with E-state index in [4.69, 9.17) is 0 Å². The lowest BCUT2D eigenvalue weighted by molar-refractivity contribution is 0.140. The van der Waals surface area contributed by atoms with E-state index >= 15 is 0 Å². The van der Waals surface area contributed by atoms with Crippen molar-refractivity contribution in [3.63, 3.8) is 0 Å². The van der Waals surface area contributed by atoms with Gasteiger partial charge in [0, 0.05) is 32.9 Å². The van der Waals surface area contributed by atoms with Gasteiger partial charge in [0.05, 0.1) is 6.20 Å². The first-order valence-electron chi connectivity index (χ1n) is 7.57. The van der Waals surface area contributed by atoms with Crippen LogP contribution in [0.15, 0.2) is 17.3 Å². The SMILES string of the molecule is C[C@@H]1C[C@H](C)CN(CCCNS(=O)(=O)c2cnn(C)c2)C1. The molecular formula is C14H26N4O2S. The number of rotatable bonds is 6. The Morgan fingerprint density at radius 2 is 2.00 bits per heavy atom. The second kappa shape index (κ2) is 6.89. The number of hydrogen-bond donors (Lipinski definition) is 1. The molecule has 2 atom stereocenters. The Kier molecular flexibility index (Phi) is 5.40. The van der Waals surface area contributed by atoms with Crippen LogP contribution < -0.4 is 4.72 Å². The first kappa shape index (κ1) is 16.5. The highest BCUT2D eigenvalue weighted by molar-refractivity contribution is 7.89. The summed E-state index contributed by atoms with van der Waals surface area (Å²) in [5.41, 5.74) is 0. The van der Waals surface area contributed by atoms with Gasteiger partial charge in [0.15, 0.2) is 0 Å². The molecule has 21 heavy (non-hydrogen) atoms. The van der Waals surface area contributed by atoms with Crippen molar-refractivity contribution in [1.82, 2.24) is 19.4 Å². The summed E-state index contributed by atoms with van der Waals surface area (Å²) in [5, 5.41) is 3.89. The van der Waals surface area contributed by atoms with Gasteiger partial charge >= 0.3 is 0 Å². The van der Waals surface area contributed by atoms with Crippen LogP contribution in [0.2, 0.25) is 0 Å². The quantitative estimate of drug-likeness (QED) is 0.798. The van der Waals surface area contributed by atoms with E-state index in [-0.39, 0.29) is 4.90 Å². The van der Waals surface area contributed by atoms with E-state index < -0.39 is 10.0 Å². The predicted octanol–water partition coefficient (Wildman–Crippen LogP) is 1.07. The van der Waals surface area contributed by atoms with Crippen molar-refractivity contribution in [2.45, 2.75) is 31.6 Å². The summed E-state index contributed by atoms with van der Waals surface area (Å²) < 4.78 is 28.2. The van der Waals surface area contributed by atoms with Gasteiger partial charge in [-0.25, -0.2) is 13.1 Å². The third kappa shape index (κ3) is 4.79. The molecule has 0 bridgehead atoms. The van der Waals surface area contributed by atoms with Crippen molar-refractivity contribution < 1.29 is 8.42 Å². The van der Waals surface area contributed by atoms with E-state index in [0.29, 0.717) is 6.54 Å².